The van der Waals surface area contributed by atoms with Gasteiger partial charge in [-0.1, -0.05) is 30.3 Å². The number of amides is 5. The molecule has 186 valence electrons. The lowest BCUT2D eigenvalue weighted by atomic mass is 9.91. The fourth-order valence-corrected chi connectivity index (χ4v) is 4.20. The maximum absolute atomic E-state index is 13.4. The molecule has 12 heteroatoms. The molecule has 4 rings (SSSR count). The van der Waals surface area contributed by atoms with Gasteiger partial charge in [0.1, 0.15) is 5.54 Å². The van der Waals surface area contributed by atoms with E-state index in [1.165, 1.54) is 31.2 Å². The molecule has 1 fully saturated rings. The molecule has 2 aliphatic rings. The van der Waals surface area contributed by atoms with Crippen molar-refractivity contribution >= 4 is 29.6 Å². The molecule has 0 bridgehead atoms. The lowest BCUT2D eigenvalue weighted by Gasteiger charge is -2.30. The number of nitro groups is 1. The zero-order chi connectivity index (χ0) is 26.0. The molecule has 0 saturated carbocycles. The van der Waals surface area contributed by atoms with E-state index < -0.39 is 47.0 Å². The van der Waals surface area contributed by atoms with E-state index in [4.69, 9.17) is 4.74 Å². The smallest absolute Gasteiger partial charge is 0.338 e. The Balaban J connectivity index is 1.70. The number of carbonyl (C=O) groups excluding carboxylic acids is 4. The van der Waals surface area contributed by atoms with Crippen LogP contribution in [0.3, 0.4) is 0 Å². The van der Waals surface area contributed by atoms with Crippen LogP contribution in [0, 0.1) is 10.1 Å². The van der Waals surface area contributed by atoms with Crippen molar-refractivity contribution in [3.05, 3.63) is 87.1 Å². The molecule has 0 spiro atoms. The van der Waals surface area contributed by atoms with Gasteiger partial charge in [0.2, 0.25) is 0 Å². The minimum atomic E-state index is -1.51. The summed E-state index contributed by atoms with van der Waals surface area (Å²) in [6.45, 7) is 2.78. The SMILES string of the molecule is CCOC(=O)C1=C(CN2C(=O)NC(C)(c3ccc([N+](=O)[O-])cc3)C2=O)NC(=O)NC1c1ccccc1. The number of ether oxygens (including phenoxy) is 1. The summed E-state index contributed by atoms with van der Waals surface area (Å²) < 4.78 is 5.21. The number of nitrogens with zero attached hydrogens (tertiary/aromatic N) is 2. The molecule has 2 aromatic rings. The third kappa shape index (κ3) is 4.35. The first kappa shape index (κ1) is 24.4. The molecular formula is C24H23N5O7. The maximum atomic E-state index is 13.4. The average molecular weight is 493 g/mol. The van der Waals surface area contributed by atoms with Gasteiger partial charge in [0.05, 0.1) is 35.4 Å². The summed E-state index contributed by atoms with van der Waals surface area (Å²) in [6, 6.07) is 11.8. The van der Waals surface area contributed by atoms with Gasteiger partial charge in [-0.15, -0.1) is 0 Å². The van der Waals surface area contributed by atoms with Crippen molar-refractivity contribution in [3.63, 3.8) is 0 Å². The first-order chi connectivity index (χ1) is 17.2. The van der Waals surface area contributed by atoms with E-state index in [9.17, 15) is 29.3 Å². The van der Waals surface area contributed by atoms with Crippen LogP contribution in [0.1, 0.15) is 31.0 Å². The molecule has 12 nitrogen and oxygen atoms in total. The van der Waals surface area contributed by atoms with Crippen molar-refractivity contribution in [2.75, 3.05) is 13.2 Å². The second kappa shape index (κ2) is 9.49. The number of carbonyl (C=O) groups is 4. The lowest BCUT2D eigenvalue weighted by molar-refractivity contribution is -0.384. The Hall–Kier alpha value is -4.74. The monoisotopic (exact) mass is 493 g/mol. The van der Waals surface area contributed by atoms with Gasteiger partial charge in [0.25, 0.3) is 11.6 Å². The zero-order valence-electron chi connectivity index (χ0n) is 19.4. The zero-order valence-corrected chi connectivity index (χ0v) is 19.4. The van der Waals surface area contributed by atoms with Gasteiger partial charge in [-0.05, 0) is 37.1 Å². The highest BCUT2D eigenvalue weighted by molar-refractivity contribution is 6.07. The van der Waals surface area contributed by atoms with Crippen LogP contribution in [0.4, 0.5) is 15.3 Å². The number of rotatable bonds is 7. The van der Waals surface area contributed by atoms with Gasteiger partial charge in [-0.2, -0.15) is 0 Å². The number of esters is 1. The van der Waals surface area contributed by atoms with Crippen LogP contribution < -0.4 is 16.0 Å². The second-order valence-electron chi connectivity index (χ2n) is 8.31. The number of hydrogen-bond donors (Lipinski definition) is 3. The molecule has 1 saturated heterocycles. The molecule has 0 radical (unpaired) electrons. The average Bonchev–Trinajstić information content (AvgIpc) is 3.08. The first-order valence-corrected chi connectivity index (χ1v) is 11.1. The highest BCUT2D eigenvalue weighted by Crippen LogP contribution is 2.32. The van der Waals surface area contributed by atoms with E-state index in [-0.39, 0.29) is 23.6 Å². The topological polar surface area (TPSA) is 160 Å². The van der Waals surface area contributed by atoms with Crippen LogP contribution in [-0.2, 0) is 19.9 Å². The quantitative estimate of drug-likeness (QED) is 0.231. The molecule has 2 atom stereocenters. The van der Waals surface area contributed by atoms with Crippen molar-refractivity contribution in [2.24, 2.45) is 0 Å². The highest BCUT2D eigenvalue weighted by atomic mass is 16.6. The van der Waals surface area contributed by atoms with E-state index in [1.54, 1.807) is 37.3 Å². The van der Waals surface area contributed by atoms with Crippen LogP contribution in [-0.4, -0.2) is 46.9 Å². The Kier molecular flexibility index (Phi) is 6.43. The van der Waals surface area contributed by atoms with Crippen molar-refractivity contribution in [3.8, 4) is 0 Å². The van der Waals surface area contributed by atoms with Crippen molar-refractivity contribution < 1.29 is 28.8 Å². The van der Waals surface area contributed by atoms with Crippen LogP contribution in [0.5, 0.6) is 0 Å². The van der Waals surface area contributed by atoms with Crippen LogP contribution >= 0.6 is 0 Å². The molecule has 36 heavy (non-hydrogen) atoms. The summed E-state index contributed by atoms with van der Waals surface area (Å²) in [6.07, 6.45) is 0. The second-order valence-corrected chi connectivity index (χ2v) is 8.31. The largest absolute Gasteiger partial charge is 0.463 e. The number of non-ortho nitro benzene ring substituents is 1. The molecular weight excluding hydrogens is 470 g/mol. The molecule has 2 aromatic carbocycles. The third-order valence-corrected chi connectivity index (χ3v) is 6.03. The molecule has 5 amide bonds. The summed E-state index contributed by atoms with van der Waals surface area (Å²) in [7, 11) is 0. The predicted molar refractivity (Wildman–Crippen MR) is 125 cm³/mol. The van der Waals surface area contributed by atoms with Crippen molar-refractivity contribution in [1.29, 1.82) is 0 Å². The number of hydrogen-bond acceptors (Lipinski definition) is 7. The van der Waals surface area contributed by atoms with Gasteiger partial charge in [0.15, 0.2) is 0 Å². The molecule has 0 aromatic heterocycles. The summed E-state index contributed by atoms with van der Waals surface area (Å²) in [5, 5.41) is 18.8. The lowest BCUT2D eigenvalue weighted by Crippen LogP contribution is -2.49. The Bertz CT molecular complexity index is 1280. The molecule has 0 aliphatic carbocycles. The summed E-state index contributed by atoms with van der Waals surface area (Å²) >= 11 is 0. The van der Waals surface area contributed by atoms with E-state index in [0.717, 1.165) is 4.90 Å². The van der Waals surface area contributed by atoms with E-state index >= 15 is 0 Å². The van der Waals surface area contributed by atoms with Gasteiger partial charge in [-0.25, -0.2) is 14.4 Å². The summed E-state index contributed by atoms with van der Waals surface area (Å²) in [4.78, 5) is 63.0. The van der Waals surface area contributed by atoms with Crippen molar-refractivity contribution in [2.45, 2.75) is 25.4 Å². The van der Waals surface area contributed by atoms with E-state index in [0.29, 0.717) is 11.1 Å². The predicted octanol–water partition coefficient (Wildman–Crippen LogP) is 2.23. The van der Waals surface area contributed by atoms with Crippen molar-refractivity contribution in [1.82, 2.24) is 20.9 Å². The highest BCUT2D eigenvalue weighted by Gasteiger charge is 2.50. The maximum Gasteiger partial charge on any atom is 0.338 e. The minimum absolute atomic E-state index is 0.0440. The van der Waals surface area contributed by atoms with E-state index in [1.807, 2.05) is 0 Å². The van der Waals surface area contributed by atoms with Crippen LogP contribution in [0.2, 0.25) is 0 Å². The van der Waals surface area contributed by atoms with Gasteiger partial charge in [0, 0.05) is 12.1 Å². The Labute approximate surface area is 205 Å². The standard InChI is InChI=1S/C24H23N5O7/c1-3-36-20(30)18-17(25-22(32)26-19(18)14-7-5-4-6-8-14)13-28-21(31)24(2,27-23(28)33)15-9-11-16(12-10-15)29(34)35/h4-12,19H,3,13H2,1-2H3,(H,27,33)(H2,25,26,32). The fraction of sp³-hybridized carbons (Fsp3) is 0.250. The number of urea groups is 2. The fourth-order valence-electron chi connectivity index (χ4n) is 4.20. The summed E-state index contributed by atoms with van der Waals surface area (Å²) in [5.74, 6) is -1.36. The summed E-state index contributed by atoms with van der Waals surface area (Å²) in [5.41, 5.74) is -0.614. The number of nitrogens with one attached hydrogen (secondary N) is 3. The van der Waals surface area contributed by atoms with Crippen LogP contribution in [0.15, 0.2) is 65.9 Å². The number of imide groups is 1. The number of nitro benzene ring substituents is 1. The Morgan fingerprint density at radius 3 is 2.39 bits per heavy atom. The Morgan fingerprint density at radius 2 is 1.78 bits per heavy atom. The molecule has 3 N–H and O–H groups in total. The first-order valence-electron chi connectivity index (χ1n) is 11.1. The Morgan fingerprint density at radius 1 is 1.11 bits per heavy atom. The normalized spacial score (nSPS) is 21.6. The van der Waals surface area contributed by atoms with Gasteiger partial charge in [-0.3, -0.25) is 19.8 Å². The molecule has 2 heterocycles. The molecule has 2 unspecified atom stereocenters. The third-order valence-electron chi connectivity index (χ3n) is 6.03. The molecule has 2 aliphatic heterocycles. The van der Waals surface area contributed by atoms with Gasteiger partial charge >= 0.3 is 18.0 Å². The number of benzene rings is 2. The van der Waals surface area contributed by atoms with Crippen LogP contribution in [0.25, 0.3) is 0 Å². The van der Waals surface area contributed by atoms with E-state index in [2.05, 4.69) is 16.0 Å². The van der Waals surface area contributed by atoms with Gasteiger partial charge < -0.3 is 20.7 Å². The minimum Gasteiger partial charge on any atom is -0.463 e.